The third-order valence-electron chi connectivity index (χ3n) is 5.39. The number of aromatic nitrogens is 1. The van der Waals surface area contributed by atoms with E-state index in [1.807, 2.05) is 0 Å². The van der Waals surface area contributed by atoms with Crippen LogP contribution in [0.4, 0.5) is 10.1 Å². The summed E-state index contributed by atoms with van der Waals surface area (Å²) in [5, 5.41) is 5.67. The molecule has 0 unspecified atom stereocenters. The number of halogens is 1. The normalized spacial score (nSPS) is 13.7. The summed E-state index contributed by atoms with van der Waals surface area (Å²) < 4.78 is 14.4. The Hall–Kier alpha value is -3.74. The van der Waals surface area contributed by atoms with Gasteiger partial charge < -0.3 is 10.6 Å². The smallest absolute Gasteiger partial charge is 0.267 e. The summed E-state index contributed by atoms with van der Waals surface area (Å²) in [6.07, 6.45) is 5.67. The lowest BCUT2D eigenvalue weighted by Gasteiger charge is -2.13. The van der Waals surface area contributed by atoms with Crippen LogP contribution in [0, 0.1) is 5.82 Å². The maximum atomic E-state index is 13.0. The summed E-state index contributed by atoms with van der Waals surface area (Å²) >= 11 is 0. The van der Waals surface area contributed by atoms with Crippen LogP contribution in [0.3, 0.4) is 0 Å². The topological polar surface area (TPSA) is 80.2 Å². The molecule has 1 aromatic heterocycles. The van der Waals surface area contributed by atoms with Crippen LogP contribution in [-0.4, -0.2) is 22.4 Å². The number of benzene rings is 2. The van der Waals surface area contributed by atoms with Crippen LogP contribution in [0.2, 0.25) is 0 Å². The van der Waals surface area contributed by atoms with Crippen molar-refractivity contribution in [3.63, 3.8) is 0 Å². The van der Waals surface area contributed by atoms with E-state index in [2.05, 4.69) is 10.6 Å². The summed E-state index contributed by atoms with van der Waals surface area (Å²) in [6.45, 7) is 0. The van der Waals surface area contributed by atoms with Crippen molar-refractivity contribution in [3.05, 3.63) is 94.2 Å². The summed E-state index contributed by atoms with van der Waals surface area (Å²) in [5.41, 5.74) is 1.13. The molecule has 7 heteroatoms. The van der Waals surface area contributed by atoms with Crippen molar-refractivity contribution in [2.75, 3.05) is 5.32 Å². The average molecular weight is 419 g/mol. The van der Waals surface area contributed by atoms with Crippen LogP contribution in [0.25, 0.3) is 5.69 Å². The first-order chi connectivity index (χ1) is 15.0. The fraction of sp³-hybridized carbons (Fsp3) is 0.208. The number of carbonyl (C=O) groups excluding carboxylic acids is 2. The molecule has 0 aliphatic heterocycles. The lowest BCUT2D eigenvalue weighted by atomic mass is 10.2. The molecule has 6 nitrogen and oxygen atoms in total. The van der Waals surface area contributed by atoms with E-state index in [1.54, 1.807) is 36.5 Å². The van der Waals surface area contributed by atoms with Gasteiger partial charge in [-0.1, -0.05) is 12.8 Å². The van der Waals surface area contributed by atoms with Gasteiger partial charge in [0.2, 0.25) is 0 Å². The second-order valence-corrected chi connectivity index (χ2v) is 7.56. The third kappa shape index (κ3) is 4.71. The molecule has 1 aliphatic rings. The van der Waals surface area contributed by atoms with E-state index < -0.39 is 11.4 Å². The molecule has 0 radical (unpaired) electrons. The first-order valence-corrected chi connectivity index (χ1v) is 10.2. The number of nitrogens with zero attached hydrogens (tertiary/aromatic N) is 1. The summed E-state index contributed by atoms with van der Waals surface area (Å²) in [7, 11) is 0. The van der Waals surface area contributed by atoms with Crippen LogP contribution in [0.1, 0.15) is 46.4 Å². The predicted octanol–water partition coefficient (Wildman–Crippen LogP) is 3.90. The second kappa shape index (κ2) is 8.95. The van der Waals surface area contributed by atoms with Crippen LogP contribution >= 0.6 is 0 Å². The van der Waals surface area contributed by atoms with Crippen LogP contribution in [0.5, 0.6) is 0 Å². The minimum absolute atomic E-state index is 0.100. The number of nitrogens with one attached hydrogen (secondary N) is 2. The highest BCUT2D eigenvalue weighted by atomic mass is 19.1. The van der Waals surface area contributed by atoms with E-state index in [1.165, 1.54) is 34.9 Å². The van der Waals surface area contributed by atoms with Gasteiger partial charge in [0, 0.05) is 29.2 Å². The fourth-order valence-corrected chi connectivity index (χ4v) is 3.71. The number of rotatable bonds is 5. The van der Waals surface area contributed by atoms with Crippen molar-refractivity contribution in [2.24, 2.45) is 0 Å². The first kappa shape index (κ1) is 20.5. The Morgan fingerprint density at radius 2 is 1.58 bits per heavy atom. The minimum atomic E-state index is -0.412. The molecule has 158 valence electrons. The van der Waals surface area contributed by atoms with E-state index in [-0.39, 0.29) is 23.4 Å². The molecule has 0 atom stereocenters. The Morgan fingerprint density at radius 1 is 0.903 bits per heavy atom. The summed E-state index contributed by atoms with van der Waals surface area (Å²) in [6, 6.07) is 15.3. The molecule has 0 saturated heterocycles. The van der Waals surface area contributed by atoms with E-state index >= 15 is 0 Å². The number of pyridine rings is 1. The van der Waals surface area contributed by atoms with Gasteiger partial charge in [-0.05, 0) is 73.5 Å². The number of carbonyl (C=O) groups is 2. The lowest BCUT2D eigenvalue weighted by Crippen LogP contribution is -2.37. The van der Waals surface area contributed by atoms with E-state index in [4.69, 9.17) is 0 Å². The maximum Gasteiger partial charge on any atom is 0.267 e. The number of amides is 2. The van der Waals surface area contributed by atoms with E-state index in [9.17, 15) is 18.8 Å². The summed E-state index contributed by atoms with van der Waals surface area (Å²) in [5.74, 6) is -1.13. The van der Waals surface area contributed by atoms with Gasteiger partial charge in [0.15, 0.2) is 0 Å². The third-order valence-corrected chi connectivity index (χ3v) is 5.39. The maximum absolute atomic E-state index is 13.0. The van der Waals surface area contributed by atoms with Crippen molar-refractivity contribution >= 4 is 17.5 Å². The van der Waals surface area contributed by atoms with Gasteiger partial charge in [0.05, 0.1) is 0 Å². The molecule has 0 spiro atoms. The molecule has 4 rings (SSSR count). The highest BCUT2D eigenvalue weighted by Gasteiger charge is 2.20. The standard InChI is InChI=1S/C24H22FN3O3/c25-17-9-7-16(8-10-17)22(29)26-19-11-13-20(14-12-19)28-15-3-6-21(24(28)31)23(30)27-18-4-1-2-5-18/h3,6-15,18H,1-2,4-5H2,(H,26,29)(H,27,30). The van der Waals surface area contributed by atoms with Crippen molar-refractivity contribution in [2.45, 2.75) is 31.7 Å². The lowest BCUT2D eigenvalue weighted by molar-refractivity contribution is 0.0935. The second-order valence-electron chi connectivity index (χ2n) is 7.56. The van der Waals surface area contributed by atoms with E-state index in [0.717, 1.165) is 25.7 Å². The van der Waals surface area contributed by atoms with Gasteiger partial charge in [-0.15, -0.1) is 0 Å². The van der Waals surface area contributed by atoms with E-state index in [0.29, 0.717) is 16.9 Å². The summed E-state index contributed by atoms with van der Waals surface area (Å²) in [4.78, 5) is 37.7. The zero-order valence-electron chi connectivity index (χ0n) is 16.8. The van der Waals surface area contributed by atoms with Crippen molar-refractivity contribution in [1.82, 2.24) is 9.88 Å². The SMILES string of the molecule is O=C(Nc1ccc(-n2cccc(C(=O)NC3CCCC3)c2=O)cc1)c1ccc(F)cc1. The predicted molar refractivity (Wildman–Crippen MR) is 116 cm³/mol. The monoisotopic (exact) mass is 419 g/mol. The fourth-order valence-electron chi connectivity index (χ4n) is 3.71. The van der Waals surface area contributed by atoms with Crippen LogP contribution in [0.15, 0.2) is 71.7 Å². The van der Waals surface area contributed by atoms with Gasteiger partial charge in [-0.3, -0.25) is 19.0 Å². The van der Waals surface area contributed by atoms with Gasteiger partial charge in [0.25, 0.3) is 17.4 Å². The minimum Gasteiger partial charge on any atom is -0.349 e. The Labute approximate surface area is 178 Å². The van der Waals surface area contributed by atoms with Crippen LogP contribution < -0.4 is 16.2 Å². The zero-order valence-corrected chi connectivity index (χ0v) is 16.8. The highest BCUT2D eigenvalue weighted by Crippen LogP contribution is 2.18. The Kier molecular flexibility index (Phi) is 5.93. The Bertz CT molecular complexity index is 1150. The molecular weight excluding hydrogens is 397 g/mol. The molecule has 1 saturated carbocycles. The zero-order chi connectivity index (χ0) is 21.8. The van der Waals surface area contributed by atoms with Gasteiger partial charge in [-0.25, -0.2) is 4.39 Å². The molecule has 31 heavy (non-hydrogen) atoms. The van der Waals surface area contributed by atoms with Crippen molar-refractivity contribution in [1.29, 1.82) is 0 Å². The van der Waals surface area contributed by atoms with Crippen molar-refractivity contribution in [3.8, 4) is 5.69 Å². The average Bonchev–Trinajstić information content (AvgIpc) is 3.28. The molecule has 1 fully saturated rings. The van der Waals surface area contributed by atoms with Crippen molar-refractivity contribution < 1.29 is 14.0 Å². The molecular formula is C24H22FN3O3. The number of anilines is 1. The molecule has 1 heterocycles. The molecule has 0 bridgehead atoms. The molecule has 2 N–H and O–H groups in total. The Balaban J connectivity index is 1.49. The largest absolute Gasteiger partial charge is 0.349 e. The van der Waals surface area contributed by atoms with Gasteiger partial charge >= 0.3 is 0 Å². The number of hydrogen-bond donors (Lipinski definition) is 2. The molecule has 3 aromatic rings. The van der Waals surface area contributed by atoms with Crippen LogP contribution in [-0.2, 0) is 0 Å². The Morgan fingerprint density at radius 3 is 2.26 bits per heavy atom. The highest BCUT2D eigenvalue weighted by molar-refractivity contribution is 6.04. The van der Waals surface area contributed by atoms with Gasteiger partial charge in [-0.2, -0.15) is 0 Å². The van der Waals surface area contributed by atoms with Gasteiger partial charge in [0.1, 0.15) is 11.4 Å². The number of hydrogen-bond acceptors (Lipinski definition) is 3. The quantitative estimate of drug-likeness (QED) is 0.658. The molecule has 1 aliphatic carbocycles. The molecule has 2 amide bonds. The first-order valence-electron chi connectivity index (χ1n) is 10.2. The molecule has 2 aromatic carbocycles.